The molecule has 0 aliphatic heterocycles. The molecule has 0 fully saturated rings. The van der Waals surface area contributed by atoms with Gasteiger partial charge in [-0.2, -0.15) is 0 Å². The summed E-state index contributed by atoms with van der Waals surface area (Å²) in [4.78, 5) is 17.4. The van der Waals surface area contributed by atoms with Crippen LogP contribution in [0.5, 0.6) is 0 Å². The minimum atomic E-state index is -0.828. The molecule has 16 heavy (non-hydrogen) atoms. The number of hydrogen-bond donors (Lipinski definition) is 4. The van der Waals surface area contributed by atoms with Crippen LogP contribution in [0.3, 0.4) is 0 Å². The third-order valence-corrected chi connectivity index (χ3v) is 2.31. The highest BCUT2D eigenvalue weighted by Gasteiger charge is 2.19. The van der Waals surface area contributed by atoms with Gasteiger partial charge in [0.2, 0.25) is 0 Å². The first-order chi connectivity index (χ1) is 7.46. The molecule has 0 aliphatic carbocycles. The second-order valence-electron chi connectivity index (χ2n) is 4.09. The van der Waals surface area contributed by atoms with E-state index in [2.05, 4.69) is 15.3 Å². The Hall–Kier alpha value is -1.56. The van der Waals surface area contributed by atoms with Crippen LogP contribution in [-0.4, -0.2) is 27.2 Å². The van der Waals surface area contributed by atoms with Gasteiger partial charge in [0.25, 0.3) is 5.56 Å². The molecule has 1 aromatic rings. The van der Waals surface area contributed by atoms with Gasteiger partial charge in [-0.05, 0) is 13.3 Å². The number of aromatic nitrogens is 2. The van der Waals surface area contributed by atoms with Gasteiger partial charge in [-0.3, -0.25) is 4.79 Å². The zero-order valence-corrected chi connectivity index (χ0v) is 9.58. The van der Waals surface area contributed by atoms with Gasteiger partial charge in [0.1, 0.15) is 5.69 Å². The molecule has 6 nitrogen and oxygen atoms in total. The van der Waals surface area contributed by atoms with Crippen LogP contribution in [0, 0.1) is 0 Å². The molecule has 0 aromatic carbocycles. The second-order valence-corrected chi connectivity index (χ2v) is 4.09. The van der Waals surface area contributed by atoms with Crippen molar-refractivity contribution in [2.24, 2.45) is 0 Å². The van der Waals surface area contributed by atoms with Gasteiger partial charge in [-0.25, -0.2) is 4.98 Å². The Kier molecular flexibility index (Phi) is 3.89. The van der Waals surface area contributed by atoms with E-state index in [1.54, 1.807) is 6.92 Å². The van der Waals surface area contributed by atoms with E-state index < -0.39 is 5.60 Å². The van der Waals surface area contributed by atoms with Crippen LogP contribution in [0.4, 0.5) is 11.5 Å². The molecule has 1 aromatic heterocycles. The van der Waals surface area contributed by atoms with Gasteiger partial charge in [-0.1, -0.05) is 13.3 Å². The third kappa shape index (κ3) is 3.23. The third-order valence-electron chi connectivity index (χ3n) is 2.31. The van der Waals surface area contributed by atoms with E-state index >= 15 is 0 Å². The van der Waals surface area contributed by atoms with Crippen molar-refractivity contribution in [3.8, 4) is 0 Å². The summed E-state index contributed by atoms with van der Waals surface area (Å²) >= 11 is 0. The van der Waals surface area contributed by atoms with Gasteiger partial charge in [-0.15, -0.1) is 0 Å². The highest BCUT2D eigenvalue weighted by atomic mass is 16.3. The highest BCUT2D eigenvalue weighted by molar-refractivity contribution is 5.58. The molecule has 0 amide bonds. The van der Waals surface area contributed by atoms with Crippen molar-refractivity contribution in [2.75, 3.05) is 17.6 Å². The summed E-state index contributed by atoms with van der Waals surface area (Å²) < 4.78 is 0. The molecular formula is C10H18N4O2. The summed E-state index contributed by atoms with van der Waals surface area (Å²) in [6.45, 7) is 4.03. The fraction of sp³-hybridized carbons (Fsp3) is 0.600. The van der Waals surface area contributed by atoms with E-state index in [1.807, 2.05) is 6.92 Å². The lowest BCUT2D eigenvalue weighted by molar-refractivity contribution is 0.0636. The first-order valence-electron chi connectivity index (χ1n) is 5.25. The molecule has 0 aliphatic rings. The normalized spacial score (nSPS) is 14.4. The minimum Gasteiger partial charge on any atom is -0.391 e. The van der Waals surface area contributed by atoms with Gasteiger partial charge in [0.15, 0.2) is 5.82 Å². The lowest BCUT2D eigenvalue weighted by Gasteiger charge is -2.23. The Morgan fingerprint density at radius 1 is 1.69 bits per heavy atom. The van der Waals surface area contributed by atoms with Gasteiger partial charge >= 0.3 is 0 Å². The Balaban J connectivity index is 2.68. The van der Waals surface area contributed by atoms with Crippen LogP contribution in [0.15, 0.2) is 11.1 Å². The van der Waals surface area contributed by atoms with E-state index in [1.165, 1.54) is 6.33 Å². The number of nitrogens with zero attached hydrogens (tertiary/aromatic N) is 1. The monoisotopic (exact) mass is 226 g/mol. The highest BCUT2D eigenvalue weighted by Crippen LogP contribution is 2.14. The predicted octanol–water partition coefficient (Wildman–Crippen LogP) is 0.315. The average molecular weight is 226 g/mol. The Morgan fingerprint density at radius 3 is 3.00 bits per heavy atom. The van der Waals surface area contributed by atoms with E-state index in [0.29, 0.717) is 18.8 Å². The quantitative estimate of drug-likeness (QED) is 0.578. The lowest BCUT2D eigenvalue weighted by atomic mass is 10.0. The van der Waals surface area contributed by atoms with Crippen molar-refractivity contribution < 1.29 is 5.11 Å². The van der Waals surface area contributed by atoms with Gasteiger partial charge < -0.3 is 21.1 Å². The van der Waals surface area contributed by atoms with E-state index in [0.717, 1.165) is 6.42 Å². The van der Waals surface area contributed by atoms with Gasteiger partial charge in [0, 0.05) is 6.54 Å². The number of anilines is 2. The molecule has 0 saturated carbocycles. The molecule has 1 unspecified atom stereocenters. The van der Waals surface area contributed by atoms with Crippen LogP contribution in [-0.2, 0) is 0 Å². The summed E-state index contributed by atoms with van der Waals surface area (Å²) in [7, 11) is 0. The first-order valence-corrected chi connectivity index (χ1v) is 5.25. The van der Waals surface area contributed by atoms with Crippen LogP contribution in [0.25, 0.3) is 0 Å². The van der Waals surface area contributed by atoms with E-state index in [-0.39, 0.29) is 11.2 Å². The summed E-state index contributed by atoms with van der Waals surface area (Å²) in [5, 5.41) is 12.8. The molecular weight excluding hydrogens is 208 g/mol. The molecule has 5 N–H and O–H groups in total. The second kappa shape index (κ2) is 4.98. The average Bonchev–Trinajstić information content (AvgIpc) is 2.20. The van der Waals surface area contributed by atoms with Crippen LogP contribution < -0.4 is 16.6 Å². The van der Waals surface area contributed by atoms with Crippen LogP contribution >= 0.6 is 0 Å². The number of rotatable bonds is 5. The Bertz CT molecular complexity index is 400. The van der Waals surface area contributed by atoms with Crippen molar-refractivity contribution in [3.63, 3.8) is 0 Å². The Labute approximate surface area is 93.9 Å². The zero-order valence-electron chi connectivity index (χ0n) is 9.58. The standard InChI is InChI=1S/C10H18N4O2/c1-3-4-10(2,16)5-12-8-7(11)9(15)14-6-13-8/h6,16H,3-5,11H2,1-2H3,(H2,12,13,14,15). The molecule has 1 rings (SSSR count). The largest absolute Gasteiger partial charge is 0.391 e. The molecule has 90 valence electrons. The smallest absolute Gasteiger partial charge is 0.276 e. The molecule has 0 radical (unpaired) electrons. The van der Waals surface area contributed by atoms with Crippen molar-refractivity contribution in [1.29, 1.82) is 0 Å². The van der Waals surface area contributed by atoms with E-state index in [4.69, 9.17) is 5.73 Å². The van der Waals surface area contributed by atoms with Crippen molar-refractivity contribution in [1.82, 2.24) is 9.97 Å². The fourth-order valence-corrected chi connectivity index (χ4v) is 1.45. The van der Waals surface area contributed by atoms with Crippen LogP contribution in [0.1, 0.15) is 26.7 Å². The van der Waals surface area contributed by atoms with Crippen molar-refractivity contribution in [3.05, 3.63) is 16.7 Å². The maximum absolute atomic E-state index is 11.2. The summed E-state index contributed by atoms with van der Waals surface area (Å²) in [6, 6.07) is 0. The summed E-state index contributed by atoms with van der Waals surface area (Å²) in [5.41, 5.74) is 4.36. The molecule has 0 spiro atoms. The summed E-state index contributed by atoms with van der Waals surface area (Å²) in [6.07, 6.45) is 2.83. The summed E-state index contributed by atoms with van der Waals surface area (Å²) in [5.74, 6) is 0.306. The number of nitrogens with one attached hydrogen (secondary N) is 2. The van der Waals surface area contributed by atoms with Crippen molar-refractivity contribution >= 4 is 11.5 Å². The molecule has 0 saturated heterocycles. The number of aromatic amines is 1. The first kappa shape index (κ1) is 12.5. The molecule has 1 atom stereocenters. The topological polar surface area (TPSA) is 104 Å². The number of nitrogens with two attached hydrogens (primary N) is 1. The predicted molar refractivity (Wildman–Crippen MR) is 63.3 cm³/mol. The zero-order chi connectivity index (χ0) is 12.2. The fourth-order valence-electron chi connectivity index (χ4n) is 1.45. The Morgan fingerprint density at radius 2 is 2.38 bits per heavy atom. The maximum Gasteiger partial charge on any atom is 0.276 e. The molecule has 1 heterocycles. The van der Waals surface area contributed by atoms with Gasteiger partial charge in [0.05, 0.1) is 11.9 Å². The number of aliphatic hydroxyl groups is 1. The number of H-pyrrole nitrogens is 1. The van der Waals surface area contributed by atoms with E-state index in [9.17, 15) is 9.90 Å². The number of nitrogen functional groups attached to an aromatic ring is 1. The molecule has 0 bridgehead atoms. The lowest BCUT2D eigenvalue weighted by Crippen LogP contribution is -2.34. The van der Waals surface area contributed by atoms with Crippen molar-refractivity contribution in [2.45, 2.75) is 32.3 Å². The van der Waals surface area contributed by atoms with Crippen LogP contribution in [0.2, 0.25) is 0 Å². The molecule has 6 heteroatoms. The minimum absolute atomic E-state index is 0.0369. The number of hydrogen-bond acceptors (Lipinski definition) is 5. The maximum atomic E-state index is 11.2. The SMILES string of the molecule is CCCC(C)(O)CNc1nc[nH]c(=O)c1N.